The van der Waals surface area contributed by atoms with E-state index in [1.165, 1.54) is 77.2 Å². The van der Waals surface area contributed by atoms with Gasteiger partial charge in [0.2, 0.25) is 0 Å². The molecule has 0 unspecified atom stereocenters. The molecule has 0 N–H and O–H groups in total. The molecule has 1 aliphatic heterocycles. The molecule has 2 heteroatoms. The maximum atomic E-state index is 4.24. The minimum Gasteiger partial charge on any atom is -0.361 e. The first-order valence-electron chi connectivity index (χ1n) is 8.17. The fourth-order valence-corrected chi connectivity index (χ4v) is 2.57. The van der Waals surface area contributed by atoms with Crippen LogP contribution in [0.15, 0.2) is 4.99 Å². The molecule has 0 aromatic rings. The molecule has 0 radical (unpaired) electrons. The van der Waals surface area contributed by atoms with Crippen molar-refractivity contribution in [3.05, 3.63) is 0 Å². The normalized spacial score (nSPS) is 14.6. The zero-order valence-electron chi connectivity index (χ0n) is 12.4. The van der Waals surface area contributed by atoms with Gasteiger partial charge < -0.3 is 4.90 Å². The Morgan fingerprint density at radius 3 is 1.89 bits per heavy atom. The van der Waals surface area contributed by atoms with E-state index in [1.54, 1.807) is 0 Å². The van der Waals surface area contributed by atoms with Crippen molar-refractivity contribution in [1.29, 1.82) is 0 Å². The van der Waals surface area contributed by atoms with Gasteiger partial charge in [0.15, 0.2) is 0 Å². The fourth-order valence-electron chi connectivity index (χ4n) is 2.57. The third-order valence-corrected chi connectivity index (χ3v) is 3.81. The smallest absolute Gasteiger partial charge is 0.0851 e. The van der Waals surface area contributed by atoms with E-state index < -0.39 is 0 Å². The van der Waals surface area contributed by atoms with Gasteiger partial charge in [-0.15, -0.1) is 0 Å². The Hall–Kier alpha value is -0.530. The van der Waals surface area contributed by atoms with Crippen molar-refractivity contribution in [2.75, 3.05) is 19.6 Å². The monoisotopic (exact) mass is 252 g/mol. The van der Waals surface area contributed by atoms with Gasteiger partial charge in [0.1, 0.15) is 0 Å². The van der Waals surface area contributed by atoms with E-state index in [4.69, 9.17) is 0 Å². The predicted octanol–water partition coefficient (Wildman–Crippen LogP) is 4.64. The number of hydrogen-bond acceptors (Lipinski definition) is 2. The van der Waals surface area contributed by atoms with Crippen molar-refractivity contribution in [3.63, 3.8) is 0 Å². The van der Waals surface area contributed by atoms with E-state index in [2.05, 4.69) is 16.8 Å². The summed E-state index contributed by atoms with van der Waals surface area (Å²) < 4.78 is 0. The van der Waals surface area contributed by atoms with Crippen LogP contribution in [0.1, 0.15) is 77.6 Å². The summed E-state index contributed by atoms with van der Waals surface area (Å²) in [5, 5.41) is 0. The largest absolute Gasteiger partial charge is 0.361 e. The van der Waals surface area contributed by atoms with Crippen LogP contribution in [0.3, 0.4) is 0 Å². The second-order valence-corrected chi connectivity index (χ2v) is 5.59. The quantitative estimate of drug-likeness (QED) is 0.462. The first-order chi connectivity index (χ1) is 8.93. The highest BCUT2D eigenvalue weighted by molar-refractivity contribution is 5.56. The average Bonchev–Trinajstić information content (AvgIpc) is 2.89. The van der Waals surface area contributed by atoms with Crippen molar-refractivity contribution < 1.29 is 0 Å². The lowest BCUT2D eigenvalue weighted by Crippen LogP contribution is -2.20. The third kappa shape index (κ3) is 8.54. The number of rotatable bonds is 12. The summed E-state index contributed by atoms with van der Waals surface area (Å²) >= 11 is 0. The molecule has 2 nitrogen and oxygen atoms in total. The second kappa shape index (κ2) is 11.6. The highest BCUT2D eigenvalue weighted by Crippen LogP contribution is 2.11. The predicted molar refractivity (Wildman–Crippen MR) is 81.4 cm³/mol. The molecular formula is C16H32N2. The van der Waals surface area contributed by atoms with Gasteiger partial charge in [0.05, 0.1) is 12.9 Å². The second-order valence-electron chi connectivity index (χ2n) is 5.59. The zero-order valence-corrected chi connectivity index (χ0v) is 12.4. The van der Waals surface area contributed by atoms with Gasteiger partial charge in [-0.3, -0.25) is 4.99 Å². The summed E-state index contributed by atoms with van der Waals surface area (Å²) in [6.07, 6.45) is 17.7. The summed E-state index contributed by atoms with van der Waals surface area (Å²) in [5.74, 6) is 0. The Morgan fingerprint density at radius 2 is 1.39 bits per heavy atom. The molecule has 1 aliphatic rings. The number of hydrogen-bond donors (Lipinski definition) is 0. The van der Waals surface area contributed by atoms with E-state index in [9.17, 15) is 0 Å². The van der Waals surface area contributed by atoms with Crippen LogP contribution >= 0.6 is 0 Å². The van der Waals surface area contributed by atoms with E-state index in [0.717, 1.165) is 13.1 Å². The summed E-state index contributed by atoms with van der Waals surface area (Å²) in [6.45, 7) is 5.67. The highest BCUT2D eigenvalue weighted by atomic mass is 15.2. The first kappa shape index (κ1) is 15.5. The van der Waals surface area contributed by atoms with Gasteiger partial charge in [0, 0.05) is 13.1 Å². The minimum atomic E-state index is 1.01. The SMILES string of the molecule is CCCCCCCCCCCCCN1C=NCC1. The van der Waals surface area contributed by atoms with E-state index in [0.29, 0.717) is 0 Å². The lowest BCUT2D eigenvalue weighted by atomic mass is 10.1. The molecule has 1 heterocycles. The third-order valence-electron chi connectivity index (χ3n) is 3.81. The topological polar surface area (TPSA) is 15.6 Å². The summed E-state index contributed by atoms with van der Waals surface area (Å²) in [7, 11) is 0. The van der Waals surface area contributed by atoms with Crippen LogP contribution in [0.4, 0.5) is 0 Å². The van der Waals surface area contributed by atoms with Gasteiger partial charge in [-0.1, -0.05) is 71.1 Å². The molecule has 0 saturated heterocycles. The number of aliphatic imine (C=N–C) groups is 1. The van der Waals surface area contributed by atoms with E-state index in [-0.39, 0.29) is 0 Å². The molecule has 106 valence electrons. The van der Waals surface area contributed by atoms with Crippen molar-refractivity contribution in [3.8, 4) is 0 Å². The summed E-state index contributed by atoms with van der Waals surface area (Å²) in [4.78, 5) is 6.59. The van der Waals surface area contributed by atoms with Gasteiger partial charge in [-0.25, -0.2) is 0 Å². The van der Waals surface area contributed by atoms with Crippen LogP contribution in [0, 0.1) is 0 Å². The van der Waals surface area contributed by atoms with Crippen LogP contribution in [0.2, 0.25) is 0 Å². The first-order valence-corrected chi connectivity index (χ1v) is 8.17. The molecule has 0 saturated carbocycles. The molecule has 0 spiro atoms. The number of unbranched alkanes of at least 4 members (excludes halogenated alkanes) is 10. The molecule has 0 fully saturated rings. The Kier molecular flexibility index (Phi) is 9.97. The molecule has 0 amide bonds. The fraction of sp³-hybridized carbons (Fsp3) is 0.938. The molecule has 0 bridgehead atoms. The lowest BCUT2D eigenvalue weighted by molar-refractivity contribution is 0.438. The number of nitrogens with zero attached hydrogens (tertiary/aromatic N) is 2. The zero-order chi connectivity index (χ0) is 12.9. The molecule has 1 rings (SSSR count). The Morgan fingerprint density at radius 1 is 0.833 bits per heavy atom. The molecular weight excluding hydrogens is 220 g/mol. The van der Waals surface area contributed by atoms with Crippen molar-refractivity contribution in [2.24, 2.45) is 4.99 Å². The Bertz CT molecular complexity index is 201. The van der Waals surface area contributed by atoms with Gasteiger partial charge >= 0.3 is 0 Å². The standard InChI is InChI=1S/C16H32N2/c1-2-3-4-5-6-7-8-9-10-11-12-14-18-15-13-17-16-18/h16H,2-15H2,1H3. The van der Waals surface area contributed by atoms with Crippen LogP contribution in [-0.2, 0) is 0 Å². The molecule has 18 heavy (non-hydrogen) atoms. The van der Waals surface area contributed by atoms with Gasteiger partial charge in [-0.2, -0.15) is 0 Å². The minimum absolute atomic E-state index is 1.01. The average molecular weight is 252 g/mol. The van der Waals surface area contributed by atoms with Crippen molar-refractivity contribution >= 4 is 6.34 Å². The maximum Gasteiger partial charge on any atom is 0.0851 e. The molecule has 0 aromatic heterocycles. The van der Waals surface area contributed by atoms with Crippen LogP contribution < -0.4 is 0 Å². The van der Waals surface area contributed by atoms with Crippen LogP contribution in [0.25, 0.3) is 0 Å². The Labute approximate surface area is 114 Å². The van der Waals surface area contributed by atoms with Crippen molar-refractivity contribution in [2.45, 2.75) is 77.6 Å². The highest BCUT2D eigenvalue weighted by Gasteiger charge is 2.03. The molecule has 0 aliphatic carbocycles. The van der Waals surface area contributed by atoms with E-state index in [1.807, 2.05) is 6.34 Å². The van der Waals surface area contributed by atoms with Gasteiger partial charge in [-0.05, 0) is 6.42 Å². The maximum absolute atomic E-state index is 4.24. The summed E-state index contributed by atoms with van der Waals surface area (Å²) in [6, 6.07) is 0. The molecule has 0 atom stereocenters. The Balaban J connectivity index is 1.69. The van der Waals surface area contributed by atoms with Gasteiger partial charge in [0.25, 0.3) is 0 Å². The molecule has 0 aromatic carbocycles. The van der Waals surface area contributed by atoms with Crippen molar-refractivity contribution in [1.82, 2.24) is 4.90 Å². The van der Waals surface area contributed by atoms with Crippen LogP contribution in [-0.4, -0.2) is 30.9 Å². The van der Waals surface area contributed by atoms with E-state index >= 15 is 0 Å². The summed E-state index contributed by atoms with van der Waals surface area (Å²) in [5.41, 5.74) is 0. The lowest BCUT2D eigenvalue weighted by Gasteiger charge is -2.12. The van der Waals surface area contributed by atoms with Crippen LogP contribution in [0.5, 0.6) is 0 Å².